The van der Waals surface area contributed by atoms with Gasteiger partial charge in [-0.1, -0.05) is 23.8 Å². The molecule has 0 bridgehead atoms. The van der Waals surface area contributed by atoms with Crippen molar-refractivity contribution in [2.75, 3.05) is 11.3 Å². The summed E-state index contributed by atoms with van der Waals surface area (Å²) in [5.74, 6) is 0. The van der Waals surface area contributed by atoms with Crippen LogP contribution < -0.4 is 4.72 Å². The Bertz CT molecular complexity index is 1500. The highest BCUT2D eigenvalue weighted by Gasteiger charge is 2.29. The number of sulfonamides is 2. The molecule has 3 aromatic carbocycles. The Morgan fingerprint density at radius 2 is 1.29 bits per heavy atom. The van der Waals surface area contributed by atoms with E-state index in [1.807, 2.05) is 47.6 Å². The van der Waals surface area contributed by atoms with E-state index in [1.54, 1.807) is 36.4 Å². The van der Waals surface area contributed by atoms with E-state index in [4.69, 9.17) is 0 Å². The van der Waals surface area contributed by atoms with Crippen molar-refractivity contribution in [3.05, 3.63) is 87.0 Å². The molecule has 1 N–H and O–H groups in total. The van der Waals surface area contributed by atoms with E-state index in [0.717, 1.165) is 44.5 Å². The first-order chi connectivity index (χ1) is 16.3. The van der Waals surface area contributed by atoms with E-state index in [2.05, 4.69) is 4.72 Å². The van der Waals surface area contributed by atoms with Crippen molar-refractivity contribution in [1.29, 1.82) is 0 Å². The molecular formula is C27H32N2O4S2. The third-order valence-corrected chi connectivity index (χ3v) is 10.8. The minimum absolute atomic E-state index is 0.196. The van der Waals surface area contributed by atoms with Crippen molar-refractivity contribution in [1.82, 2.24) is 4.31 Å². The van der Waals surface area contributed by atoms with Crippen LogP contribution >= 0.6 is 0 Å². The number of hydrogen-bond acceptors (Lipinski definition) is 4. The third-order valence-electron chi connectivity index (χ3n) is 7.29. The second-order valence-corrected chi connectivity index (χ2v) is 13.0. The number of benzene rings is 3. The van der Waals surface area contributed by atoms with Gasteiger partial charge in [-0.2, -0.15) is 4.31 Å². The molecule has 3 aromatic rings. The Hall–Kier alpha value is -2.68. The highest BCUT2D eigenvalue weighted by Crippen LogP contribution is 2.32. The molecule has 0 radical (unpaired) electrons. The zero-order valence-electron chi connectivity index (χ0n) is 21.1. The first kappa shape index (κ1) is 25.4. The van der Waals surface area contributed by atoms with Gasteiger partial charge in [-0.3, -0.25) is 4.72 Å². The van der Waals surface area contributed by atoms with Crippen LogP contribution in [-0.4, -0.2) is 27.7 Å². The third kappa shape index (κ3) is 4.62. The maximum absolute atomic E-state index is 13.4. The number of fused-ring (bicyclic) bond motifs is 1. The van der Waals surface area contributed by atoms with Crippen molar-refractivity contribution in [2.45, 2.75) is 64.3 Å². The average Bonchev–Trinajstić information content (AvgIpc) is 2.81. The molecule has 35 heavy (non-hydrogen) atoms. The average molecular weight is 513 g/mol. The van der Waals surface area contributed by atoms with Crippen LogP contribution in [0.2, 0.25) is 0 Å². The fourth-order valence-corrected chi connectivity index (χ4v) is 7.80. The Balaban J connectivity index is 1.65. The molecule has 4 rings (SSSR count). The quantitative estimate of drug-likeness (QED) is 0.516. The van der Waals surface area contributed by atoms with Gasteiger partial charge in [-0.25, -0.2) is 16.8 Å². The molecule has 0 fully saturated rings. The van der Waals surface area contributed by atoms with Crippen molar-refractivity contribution in [3.8, 4) is 0 Å². The smallest absolute Gasteiger partial charge is 0.262 e. The van der Waals surface area contributed by atoms with E-state index in [0.29, 0.717) is 23.5 Å². The summed E-state index contributed by atoms with van der Waals surface area (Å²) in [7, 11) is -7.48. The molecule has 6 nitrogen and oxygen atoms in total. The number of hydrogen-bond donors (Lipinski definition) is 1. The summed E-state index contributed by atoms with van der Waals surface area (Å²) in [4.78, 5) is 0.568. The molecule has 8 heteroatoms. The molecule has 0 amide bonds. The number of aryl methyl sites for hydroxylation is 1. The Morgan fingerprint density at radius 3 is 1.89 bits per heavy atom. The minimum Gasteiger partial charge on any atom is -0.280 e. The van der Waals surface area contributed by atoms with Crippen LogP contribution in [0, 0.1) is 41.5 Å². The molecule has 0 saturated carbocycles. The van der Waals surface area contributed by atoms with Gasteiger partial charge >= 0.3 is 0 Å². The lowest BCUT2D eigenvalue weighted by Crippen LogP contribution is -2.36. The van der Waals surface area contributed by atoms with Gasteiger partial charge in [0.25, 0.3) is 10.0 Å². The van der Waals surface area contributed by atoms with Crippen LogP contribution in [-0.2, 0) is 33.0 Å². The van der Waals surface area contributed by atoms with Crippen LogP contribution in [0.5, 0.6) is 0 Å². The molecule has 0 aromatic heterocycles. The molecule has 1 aliphatic heterocycles. The lowest BCUT2D eigenvalue weighted by atomic mass is 9.95. The number of rotatable bonds is 5. The van der Waals surface area contributed by atoms with E-state index in [-0.39, 0.29) is 11.4 Å². The fraction of sp³-hybridized carbons (Fsp3) is 0.333. The van der Waals surface area contributed by atoms with Gasteiger partial charge in [0.05, 0.1) is 9.79 Å². The van der Waals surface area contributed by atoms with Crippen LogP contribution in [0.1, 0.15) is 44.5 Å². The van der Waals surface area contributed by atoms with Gasteiger partial charge in [-0.15, -0.1) is 0 Å². The second-order valence-electron chi connectivity index (χ2n) is 9.44. The summed E-state index contributed by atoms with van der Waals surface area (Å²) < 4.78 is 57.5. The molecule has 0 aliphatic carbocycles. The van der Waals surface area contributed by atoms with E-state index in [9.17, 15) is 16.8 Å². The van der Waals surface area contributed by atoms with Gasteiger partial charge in [0.1, 0.15) is 0 Å². The molecule has 0 unspecified atom stereocenters. The predicted molar refractivity (Wildman–Crippen MR) is 140 cm³/mol. The highest BCUT2D eigenvalue weighted by molar-refractivity contribution is 7.92. The van der Waals surface area contributed by atoms with Crippen molar-refractivity contribution in [3.63, 3.8) is 0 Å². The summed E-state index contributed by atoms with van der Waals surface area (Å²) in [6.07, 6.45) is 0.571. The maximum Gasteiger partial charge on any atom is 0.262 e. The summed E-state index contributed by atoms with van der Waals surface area (Å²) in [6.45, 7) is 12.1. The number of nitrogens with one attached hydrogen (secondary N) is 1. The summed E-state index contributed by atoms with van der Waals surface area (Å²) in [5, 5.41) is 0. The summed E-state index contributed by atoms with van der Waals surface area (Å²) in [5.41, 5.74) is 7.77. The monoisotopic (exact) mass is 512 g/mol. The Kier molecular flexibility index (Phi) is 6.59. The molecule has 0 atom stereocenters. The van der Waals surface area contributed by atoms with Gasteiger partial charge in [-0.05, 0) is 111 Å². The lowest BCUT2D eigenvalue weighted by molar-refractivity contribution is 0.391. The van der Waals surface area contributed by atoms with Gasteiger partial charge < -0.3 is 0 Å². The Labute approximate surface area is 209 Å². The molecule has 186 valence electrons. The Morgan fingerprint density at radius 1 is 0.714 bits per heavy atom. The first-order valence-corrected chi connectivity index (χ1v) is 14.5. The van der Waals surface area contributed by atoms with Crippen LogP contribution in [0.25, 0.3) is 0 Å². The van der Waals surface area contributed by atoms with Crippen LogP contribution in [0.4, 0.5) is 5.69 Å². The molecule has 1 aliphatic rings. The first-order valence-electron chi connectivity index (χ1n) is 11.6. The topological polar surface area (TPSA) is 83.6 Å². The van der Waals surface area contributed by atoms with E-state index >= 15 is 0 Å². The van der Waals surface area contributed by atoms with Crippen LogP contribution in [0.3, 0.4) is 0 Å². The standard InChI is InChI=1S/C27H32N2O4S2/c1-17-7-11-26(12-8-17)35(32,33)29-14-13-23-9-10-25(15-24(23)16-29)28-34(30,31)27-21(5)19(3)18(2)20(4)22(27)6/h7-12,15,28H,13-14,16H2,1-6H3. The minimum atomic E-state index is -3.83. The summed E-state index contributed by atoms with van der Waals surface area (Å²) >= 11 is 0. The zero-order valence-corrected chi connectivity index (χ0v) is 22.7. The number of anilines is 1. The van der Waals surface area contributed by atoms with Gasteiger partial charge in [0.2, 0.25) is 10.0 Å². The second kappa shape index (κ2) is 9.08. The van der Waals surface area contributed by atoms with Gasteiger partial charge in [0, 0.05) is 18.8 Å². The van der Waals surface area contributed by atoms with Crippen molar-refractivity contribution >= 4 is 25.7 Å². The van der Waals surface area contributed by atoms with Crippen molar-refractivity contribution < 1.29 is 16.8 Å². The maximum atomic E-state index is 13.4. The molecular weight excluding hydrogens is 480 g/mol. The van der Waals surface area contributed by atoms with Crippen LogP contribution in [0.15, 0.2) is 52.3 Å². The van der Waals surface area contributed by atoms with Crippen molar-refractivity contribution in [2.24, 2.45) is 0 Å². The highest BCUT2D eigenvalue weighted by atomic mass is 32.2. The molecule has 0 spiro atoms. The van der Waals surface area contributed by atoms with Gasteiger partial charge in [0.15, 0.2) is 0 Å². The predicted octanol–water partition coefficient (Wildman–Crippen LogP) is 5.08. The largest absolute Gasteiger partial charge is 0.280 e. The fourth-order valence-electron chi connectivity index (χ4n) is 4.73. The van der Waals surface area contributed by atoms with E-state index in [1.165, 1.54) is 4.31 Å². The normalized spacial score (nSPS) is 14.6. The zero-order chi connectivity index (χ0) is 25.7. The number of nitrogens with zero attached hydrogens (tertiary/aromatic N) is 1. The molecule has 1 heterocycles. The summed E-state index contributed by atoms with van der Waals surface area (Å²) in [6, 6.07) is 12.2. The lowest BCUT2D eigenvalue weighted by Gasteiger charge is -2.28. The SMILES string of the molecule is Cc1ccc(S(=O)(=O)N2CCc3ccc(NS(=O)(=O)c4c(C)c(C)c(C)c(C)c4C)cc3C2)cc1. The van der Waals surface area contributed by atoms with E-state index < -0.39 is 20.0 Å². The molecule has 0 saturated heterocycles.